The lowest BCUT2D eigenvalue weighted by Gasteiger charge is -2.03. The fraction of sp³-hybridized carbons (Fsp3) is 0.778. The minimum atomic E-state index is -0.749. The first-order chi connectivity index (χ1) is 6.22. The van der Waals surface area contributed by atoms with Crippen molar-refractivity contribution in [3.63, 3.8) is 0 Å². The van der Waals surface area contributed by atoms with Crippen molar-refractivity contribution in [2.24, 2.45) is 11.8 Å². The molecular formula is C9H15FO3. The van der Waals surface area contributed by atoms with Gasteiger partial charge in [-0.3, -0.25) is 9.18 Å². The largest absolute Gasteiger partial charge is 0.481 e. The topological polar surface area (TPSA) is 54.4 Å². The number of aliphatic carboxylic acids is 1. The second-order valence-electron chi connectivity index (χ2n) is 3.17. The summed E-state index contributed by atoms with van der Waals surface area (Å²) in [6.45, 7) is 0. The summed E-state index contributed by atoms with van der Waals surface area (Å²) in [6, 6.07) is 0. The number of carboxylic acid groups (broad SMARTS) is 1. The maximum Gasteiger partial charge on any atom is 0.303 e. The molecule has 0 heterocycles. The Bertz CT molecular complexity index is 170. The molecule has 0 radical (unpaired) electrons. The van der Waals surface area contributed by atoms with Crippen molar-refractivity contribution in [1.29, 1.82) is 0 Å². The van der Waals surface area contributed by atoms with Crippen molar-refractivity contribution in [2.45, 2.75) is 25.7 Å². The summed E-state index contributed by atoms with van der Waals surface area (Å²) < 4.78 is 9.50. The molecule has 2 atom stereocenters. The number of hydrogen-bond donors (Lipinski definition) is 1. The van der Waals surface area contributed by atoms with Crippen LogP contribution in [-0.2, 0) is 9.59 Å². The van der Waals surface area contributed by atoms with Crippen LogP contribution in [0.4, 0.5) is 4.39 Å². The molecule has 0 aromatic rings. The summed E-state index contributed by atoms with van der Waals surface area (Å²) in [5.74, 6) is -0.386. The van der Waals surface area contributed by atoms with E-state index in [0.717, 1.165) is 25.5 Å². The zero-order valence-corrected chi connectivity index (χ0v) is 7.70. The molecule has 2 unspecified atom stereocenters. The first-order valence-corrected chi connectivity index (χ1v) is 4.27. The number of rotatable bonds is 3. The number of aldehydes is 1. The Morgan fingerprint density at radius 2 is 2.15 bits per heavy atom. The van der Waals surface area contributed by atoms with Gasteiger partial charge in [-0.25, -0.2) is 0 Å². The lowest BCUT2D eigenvalue weighted by Crippen LogP contribution is -2.04. The summed E-state index contributed by atoms with van der Waals surface area (Å²) in [5, 5.41) is 8.44. The third-order valence-electron chi connectivity index (χ3n) is 2.24. The van der Waals surface area contributed by atoms with Gasteiger partial charge in [-0.1, -0.05) is 0 Å². The van der Waals surface area contributed by atoms with Gasteiger partial charge in [0.2, 0.25) is 0 Å². The van der Waals surface area contributed by atoms with Gasteiger partial charge in [-0.2, -0.15) is 0 Å². The second kappa shape index (κ2) is 6.57. The van der Waals surface area contributed by atoms with Crippen molar-refractivity contribution in [1.82, 2.24) is 0 Å². The van der Waals surface area contributed by atoms with Crippen molar-refractivity contribution >= 4 is 12.3 Å². The van der Waals surface area contributed by atoms with Crippen molar-refractivity contribution < 1.29 is 19.1 Å². The molecule has 3 nitrogen and oxygen atoms in total. The molecule has 13 heavy (non-hydrogen) atoms. The summed E-state index contributed by atoms with van der Waals surface area (Å²) >= 11 is 0. The first kappa shape index (κ1) is 12.1. The highest BCUT2D eigenvalue weighted by Crippen LogP contribution is 2.31. The van der Waals surface area contributed by atoms with E-state index in [1.54, 1.807) is 0 Å². The molecule has 76 valence electrons. The zero-order chi connectivity index (χ0) is 10.3. The monoisotopic (exact) mass is 190 g/mol. The molecule has 1 saturated carbocycles. The van der Waals surface area contributed by atoms with E-state index in [1.807, 2.05) is 0 Å². The molecule has 4 heteroatoms. The molecular weight excluding hydrogens is 175 g/mol. The summed E-state index contributed by atoms with van der Waals surface area (Å²) in [7, 11) is 0.500. The Morgan fingerprint density at radius 3 is 2.54 bits per heavy atom. The number of carboxylic acids is 1. The summed E-state index contributed by atoms with van der Waals surface area (Å²) in [4.78, 5) is 20.6. The molecule has 0 amide bonds. The number of carbonyl (C=O) groups is 2. The first-order valence-electron chi connectivity index (χ1n) is 4.27. The van der Waals surface area contributed by atoms with Gasteiger partial charge < -0.3 is 9.90 Å². The highest BCUT2D eigenvalue weighted by molar-refractivity contribution is 5.67. The van der Waals surface area contributed by atoms with Crippen LogP contribution in [0, 0.1) is 11.8 Å². The van der Waals surface area contributed by atoms with Crippen LogP contribution in [-0.4, -0.2) is 24.5 Å². The van der Waals surface area contributed by atoms with Gasteiger partial charge >= 0.3 is 5.97 Å². The maximum absolute atomic E-state index is 10.3. The number of alkyl halides is 1. The molecule has 0 aromatic heterocycles. The Labute approximate surface area is 76.9 Å². The molecule has 0 saturated heterocycles. The van der Waals surface area contributed by atoms with Gasteiger partial charge in [-0.05, 0) is 25.2 Å². The van der Waals surface area contributed by atoms with E-state index in [1.165, 1.54) is 0 Å². The minimum absolute atomic E-state index is 0.124. The fourth-order valence-corrected chi connectivity index (χ4v) is 1.67. The van der Waals surface area contributed by atoms with E-state index in [9.17, 15) is 14.0 Å². The molecule has 1 rings (SSSR count). The van der Waals surface area contributed by atoms with Crippen LogP contribution < -0.4 is 0 Å². The molecule has 1 aliphatic rings. The normalized spacial score (nSPS) is 26.0. The molecule has 0 spiro atoms. The highest BCUT2D eigenvalue weighted by Gasteiger charge is 2.25. The molecule has 0 aromatic carbocycles. The molecule has 1 aliphatic carbocycles. The lowest BCUT2D eigenvalue weighted by atomic mass is 10.0. The van der Waals surface area contributed by atoms with Gasteiger partial charge in [0.05, 0.1) is 7.18 Å². The molecule has 1 fully saturated rings. The van der Waals surface area contributed by atoms with Gasteiger partial charge in [0.15, 0.2) is 0 Å². The Morgan fingerprint density at radius 1 is 1.54 bits per heavy atom. The van der Waals surface area contributed by atoms with Gasteiger partial charge in [0.25, 0.3) is 0 Å². The molecule has 0 aliphatic heterocycles. The Hall–Kier alpha value is -0.930. The highest BCUT2D eigenvalue weighted by atomic mass is 19.1. The van der Waals surface area contributed by atoms with Crippen molar-refractivity contribution in [3.8, 4) is 0 Å². The van der Waals surface area contributed by atoms with Crippen LogP contribution in [0.5, 0.6) is 0 Å². The van der Waals surface area contributed by atoms with E-state index in [0.29, 0.717) is 7.18 Å². The average Bonchev–Trinajstić information content (AvgIpc) is 2.55. The van der Waals surface area contributed by atoms with Gasteiger partial charge in [0.1, 0.15) is 6.29 Å². The Kier molecular flexibility index (Phi) is 6.10. The third kappa shape index (κ3) is 4.60. The predicted molar refractivity (Wildman–Crippen MR) is 46.2 cm³/mol. The number of carbonyl (C=O) groups excluding carboxylic acids is 1. The van der Waals surface area contributed by atoms with E-state index < -0.39 is 5.97 Å². The van der Waals surface area contributed by atoms with Crippen LogP contribution in [0.1, 0.15) is 25.7 Å². The van der Waals surface area contributed by atoms with E-state index >= 15 is 0 Å². The second-order valence-corrected chi connectivity index (χ2v) is 3.17. The van der Waals surface area contributed by atoms with Crippen LogP contribution >= 0.6 is 0 Å². The predicted octanol–water partition coefficient (Wildman–Crippen LogP) is 1.66. The fourth-order valence-electron chi connectivity index (χ4n) is 1.67. The zero-order valence-electron chi connectivity index (χ0n) is 7.70. The van der Waals surface area contributed by atoms with E-state index in [-0.39, 0.29) is 18.3 Å². The van der Waals surface area contributed by atoms with E-state index in [4.69, 9.17) is 5.11 Å². The third-order valence-corrected chi connectivity index (χ3v) is 2.24. The van der Waals surface area contributed by atoms with Crippen LogP contribution in [0.2, 0.25) is 0 Å². The average molecular weight is 190 g/mol. The lowest BCUT2D eigenvalue weighted by molar-refractivity contribution is -0.138. The van der Waals surface area contributed by atoms with Crippen LogP contribution in [0.15, 0.2) is 0 Å². The summed E-state index contributed by atoms with van der Waals surface area (Å²) in [5.41, 5.74) is 0. The SMILES string of the molecule is CF.O=CC1CCC(CC(=O)O)C1. The standard InChI is InChI=1S/C8H12O3.CH3F/c9-5-7-2-1-6(3-7)4-8(10)11;1-2/h5-7H,1-4H2,(H,10,11);1H3. The maximum atomic E-state index is 10.3. The smallest absolute Gasteiger partial charge is 0.303 e. The molecule has 1 N–H and O–H groups in total. The quantitative estimate of drug-likeness (QED) is 0.688. The summed E-state index contributed by atoms with van der Waals surface area (Å²) in [6.07, 6.45) is 3.72. The van der Waals surface area contributed by atoms with Crippen molar-refractivity contribution in [2.75, 3.05) is 7.18 Å². The Balaban J connectivity index is 0.000000671. The van der Waals surface area contributed by atoms with Crippen LogP contribution in [0.3, 0.4) is 0 Å². The van der Waals surface area contributed by atoms with E-state index in [2.05, 4.69) is 0 Å². The van der Waals surface area contributed by atoms with Crippen molar-refractivity contribution in [3.05, 3.63) is 0 Å². The van der Waals surface area contributed by atoms with Gasteiger partial charge in [-0.15, -0.1) is 0 Å². The van der Waals surface area contributed by atoms with Crippen LogP contribution in [0.25, 0.3) is 0 Å². The number of hydrogen-bond acceptors (Lipinski definition) is 2. The molecule has 0 bridgehead atoms. The number of halogens is 1. The minimum Gasteiger partial charge on any atom is -0.481 e. The van der Waals surface area contributed by atoms with Gasteiger partial charge in [0, 0.05) is 12.3 Å².